The molecule has 2 heterocycles. The molecule has 7 nitrogen and oxygen atoms in total. The monoisotopic (exact) mass is 362 g/mol. The van der Waals surface area contributed by atoms with Crippen LogP contribution in [0.4, 0.5) is 0 Å². The first-order chi connectivity index (χ1) is 10.8. The van der Waals surface area contributed by atoms with Crippen LogP contribution >= 0.6 is 18.2 Å². The highest BCUT2D eigenvalue weighted by atomic mass is 32.7. The molecule has 0 spiro atoms. The molecule has 4 radical (unpaired) electrons. The summed E-state index contributed by atoms with van der Waals surface area (Å²) in [6.45, 7) is -1.35. The molecule has 0 amide bonds. The molecule has 2 aliphatic rings. The lowest BCUT2D eigenvalue weighted by molar-refractivity contribution is -0.0222. The summed E-state index contributed by atoms with van der Waals surface area (Å²) in [6, 6.07) is -1.10. The normalized spacial score (nSPS) is 40.3. The minimum atomic E-state index is -3.94. The molecule has 0 aromatic heterocycles. The third-order valence-electron chi connectivity index (χ3n) is 3.64. The molecule has 0 bridgehead atoms. The Labute approximate surface area is 142 Å². The zero-order chi connectivity index (χ0) is 17.0. The zero-order valence-electron chi connectivity index (χ0n) is 12.9. The molecule has 0 aliphatic carbocycles. The minimum absolute atomic E-state index is 0.110. The summed E-state index contributed by atoms with van der Waals surface area (Å²) in [7, 11) is 11.3. The topological polar surface area (TPSA) is 94.5 Å². The summed E-state index contributed by atoms with van der Waals surface area (Å²) in [5, 5.41) is 9.73. The maximum Gasteiger partial charge on any atom is 0.387 e. The third-order valence-corrected chi connectivity index (χ3v) is 6.66. The number of aliphatic hydroxyl groups is 1. The van der Waals surface area contributed by atoms with Gasteiger partial charge in [0.2, 0.25) is 0 Å². The van der Waals surface area contributed by atoms with Gasteiger partial charge in [-0.15, -0.1) is 0 Å². The first-order valence-corrected chi connectivity index (χ1v) is 10.7. The van der Waals surface area contributed by atoms with Crippen molar-refractivity contribution in [2.45, 2.75) is 56.2 Å². The molecule has 2 aliphatic heterocycles. The van der Waals surface area contributed by atoms with Crippen LogP contribution in [0, 0.1) is 0 Å². The summed E-state index contributed by atoms with van der Waals surface area (Å²) >= 11 is 0.707. The Balaban J connectivity index is 1.83. The quantitative estimate of drug-likeness (QED) is 0.466. The fourth-order valence-electron chi connectivity index (χ4n) is 2.52. The van der Waals surface area contributed by atoms with Gasteiger partial charge in [-0.3, -0.25) is 4.52 Å². The van der Waals surface area contributed by atoms with Gasteiger partial charge < -0.3 is 24.2 Å². The van der Waals surface area contributed by atoms with E-state index in [1.807, 2.05) is 6.92 Å². The van der Waals surface area contributed by atoms with E-state index in [2.05, 4.69) is 0 Å². The van der Waals surface area contributed by atoms with Gasteiger partial charge >= 0.3 is 6.80 Å². The second-order valence-electron chi connectivity index (χ2n) is 5.53. The third kappa shape index (κ3) is 6.04. The standard InChI is InChI=1S/C12H21B2O7PS/c1-2-18-5-9-8(4-12(14)19-9)21-22(16,17)23-6-10-7(15)3-11(13)20-10/h7-12,15H,2-6H2,1H3,(H,16,17)/t7?,8?,9-,10-,11-,12-/m1/s1. The Morgan fingerprint density at radius 3 is 2.52 bits per heavy atom. The van der Waals surface area contributed by atoms with Gasteiger partial charge in [0.1, 0.15) is 21.8 Å². The van der Waals surface area contributed by atoms with Crippen molar-refractivity contribution in [2.24, 2.45) is 0 Å². The van der Waals surface area contributed by atoms with Crippen molar-refractivity contribution in [1.29, 1.82) is 0 Å². The average molecular weight is 362 g/mol. The van der Waals surface area contributed by atoms with E-state index in [4.69, 9.17) is 34.4 Å². The van der Waals surface area contributed by atoms with Gasteiger partial charge in [-0.25, -0.2) is 4.57 Å². The van der Waals surface area contributed by atoms with Gasteiger partial charge in [-0.1, -0.05) is 0 Å². The zero-order valence-corrected chi connectivity index (χ0v) is 14.7. The molecule has 0 saturated carbocycles. The van der Waals surface area contributed by atoms with E-state index in [-0.39, 0.29) is 12.4 Å². The Morgan fingerprint density at radius 2 is 1.91 bits per heavy atom. The van der Waals surface area contributed by atoms with Gasteiger partial charge in [0.25, 0.3) is 0 Å². The van der Waals surface area contributed by atoms with Crippen molar-refractivity contribution in [1.82, 2.24) is 0 Å². The van der Waals surface area contributed by atoms with Crippen molar-refractivity contribution in [3.63, 3.8) is 0 Å². The van der Waals surface area contributed by atoms with Gasteiger partial charge in [0.15, 0.2) is 0 Å². The van der Waals surface area contributed by atoms with Crippen LogP contribution in [0.5, 0.6) is 0 Å². The Kier molecular flexibility index (Phi) is 7.50. The SMILES string of the molecule is [B][C@H]1CC(O)[C@@H](CSP(=O)(O)OC2C[C@H]([B])O[C@@H]2COCC)O1. The highest BCUT2D eigenvalue weighted by molar-refractivity contribution is 8.54. The lowest BCUT2D eigenvalue weighted by Gasteiger charge is -2.22. The summed E-state index contributed by atoms with van der Waals surface area (Å²) in [6.07, 6.45) is -1.80. The van der Waals surface area contributed by atoms with Crippen LogP contribution in [0.15, 0.2) is 0 Å². The molecular weight excluding hydrogens is 341 g/mol. The van der Waals surface area contributed by atoms with Gasteiger partial charge in [-0.2, -0.15) is 0 Å². The van der Waals surface area contributed by atoms with E-state index >= 15 is 0 Å². The predicted molar refractivity (Wildman–Crippen MR) is 87.7 cm³/mol. The summed E-state index contributed by atoms with van der Waals surface area (Å²) < 4.78 is 33.5. The number of rotatable bonds is 8. The minimum Gasteiger partial charge on any atom is -0.390 e. The van der Waals surface area contributed by atoms with Crippen molar-refractivity contribution in [3.05, 3.63) is 0 Å². The molecule has 7 atom stereocenters. The molecule has 2 N–H and O–H groups in total. The highest BCUT2D eigenvalue weighted by Crippen LogP contribution is 2.58. The van der Waals surface area contributed by atoms with Crippen LogP contribution < -0.4 is 0 Å². The smallest absolute Gasteiger partial charge is 0.387 e. The molecule has 128 valence electrons. The van der Waals surface area contributed by atoms with Crippen LogP contribution in [-0.4, -0.2) is 81.1 Å². The molecule has 23 heavy (non-hydrogen) atoms. The number of hydrogen-bond acceptors (Lipinski definition) is 7. The van der Waals surface area contributed by atoms with E-state index in [9.17, 15) is 14.6 Å². The van der Waals surface area contributed by atoms with Gasteiger partial charge in [0, 0.05) is 24.4 Å². The van der Waals surface area contributed by atoms with Crippen molar-refractivity contribution in [3.8, 4) is 0 Å². The first kappa shape index (κ1) is 19.8. The second kappa shape index (κ2) is 8.72. The largest absolute Gasteiger partial charge is 0.390 e. The maximum absolute atomic E-state index is 12.2. The predicted octanol–water partition coefficient (Wildman–Crippen LogP) is 0.170. The fraction of sp³-hybridized carbons (Fsp3) is 1.00. The van der Waals surface area contributed by atoms with E-state index in [1.165, 1.54) is 0 Å². The van der Waals surface area contributed by atoms with Crippen molar-refractivity contribution < 1.29 is 33.3 Å². The van der Waals surface area contributed by atoms with Crippen LogP contribution in [0.3, 0.4) is 0 Å². The van der Waals surface area contributed by atoms with Gasteiger partial charge in [0.05, 0.1) is 24.9 Å². The van der Waals surface area contributed by atoms with Crippen LogP contribution in [0.25, 0.3) is 0 Å². The molecule has 0 aromatic rings. The van der Waals surface area contributed by atoms with Crippen molar-refractivity contribution >= 4 is 33.9 Å². The summed E-state index contributed by atoms with van der Waals surface area (Å²) in [4.78, 5) is 10.0. The van der Waals surface area contributed by atoms with Crippen LogP contribution in [-0.2, 0) is 23.3 Å². The molecule has 2 rings (SSSR count). The molecule has 2 saturated heterocycles. The van der Waals surface area contributed by atoms with E-state index < -0.39 is 43.2 Å². The highest BCUT2D eigenvalue weighted by Gasteiger charge is 2.40. The maximum atomic E-state index is 12.2. The van der Waals surface area contributed by atoms with E-state index in [0.717, 1.165) is 0 Å². The lowest BCUT2D eigenvalue weighted by atomic mass is 9.96. The lowest BCUT2D eigenvalue weighted by Crippen LogP contribution is -2.28. The number of aliphatic hydroxyl groups excluding tert-OH is 1. The Morgan fingerprint density at radius 1 is 1.26 bits per heavy atom. The summed E-state index contributed by atoms with van der Waals surface area (Å²) in [5.41, 5.74) is 0. The average Bonchev–Trinajstić information content (AvgIpc) is 2.95. The Bertz CT molecular complexity index is 432. The van der Waals surface area contributed by atoms with Crippen molar-refractivity contribution in [2.75, 3.05) is 19.0 Å². The Hall–Kier alpha value is 0.470. The molecule has 0 aromatic carbocycles. The van der Waals surface area contributed by atoms with E-state index in [0.29, 0.717) is 30.8 Å². The molecule has 11 heteroatoms. The van der Waals surface area contributed by atoms with Crippen LogP contribution in [0.2, 0.25) is 0 Å². The molecule has 2 fully saturated rings. The van der Waals surface area contributed by atoms with E-state index in [1.54, 1.807) is 0 Å². The molecule has 3 unspecified atom stereocenters. The number of hydrogen-bond donors (Lipinski definition) is 2. The van der Waals surface area contributed by atoms with Gasteiger partial charge in [-0.05, 0) is 31.1 Å². The van der Waals surface area contributed by atoms with Crippen LogP contribution in [0.1, 0.15) is 19.8 Å². The number of ether oxygens (including phenoxy) is 3. The summed E-state index contributed by atoms with van der Waals surface area (Å²) in [5.74, 6) is 0.110. The molecular formula is C12H21B2O7PS. The fourth-order valence-corrected chi connectivity index (χ4v) is 5.30. The first-order valence-electron chi connectivity index (χ1n) is 7.54. The second-order valence-corrected chi connectivity index (χ2v) is 9.43.